The average Bonchev–Trinajstić information content (AvgIpc) is 2.97. The van der Waals surface area contributed by atoms with Crippen molar-refractivity contribution in [2.45, 2.75) is 207 Å². The molecule has 3 heteroatoms. The SMILES string of the molecule is CC(C)(C)c1cc(CCCCCCCCCOCCCCCCCCCc2cc(C(C)(C)C)c(O)c(C(C)(C)C)c2)cc(C(C)(C)C)c1O. The van der Waals surface area contributed by atoms with E-state index in [2.05, 4.69) is 107 Å². The molecule has 0 aliphatic carbocycles. The quantitative estimate of drug-likeness (QED) is 0.137. The fourth-order valence-corrected chi connectivity index (χ4v) is 6.90. The van der Waals surface area contributed by atoms with Crippen molar-refractivity contribution in [3.63, 3.8) is 0 Å². The Labute approximate surface area is 304 Å². The summed E-state index contributed by atoms with van der Waals surface area (Å²) >= 11 is 0. The summed E-state index contributed by atoms with van der Waals surface area (Å²) in [5.74, 6) is 0.977. The van der Waals surface area contributed by atoms with E-state index in [1.807, 2.05) is 0 Å². The van der Waals surface area contributed by atoms with Crippen molar-refractivity contribution in [1.29, 1.82) is 0 Å². The molecule has 0 unspecified atom stereocenters. The van der Waals surface area contributed by atoms with Crippen molar-refractivity contribution in [1.82, 2.24) is 0 Å². The van der Waals surface area contributed by atoms with Gasteiger partial charge in [0.25, 0.3) is 0 Å². The van der Waals surface area contributed by atoms with Gasteiger partial charge in [0, 0.05) is 13.2 Å². The number of hydrogen-bond donors (Lipinski definition) is 2. The Hall–Kier alpha value is -2.00. The van der Waals surface area contributed by atoms with Gasteiger partial charge in [0.1, 0.15) is 11.5 Å². The van der Waals surface area contributed by atoms with Crippen LogP contribution in [0, 0.1) is 0 Å². The lowest BCUT2D eigenvalue weighted by molar-refractivity contribution is 0.125. The predicted octanol–water partition coefficient (Wildman–Crippen LogP) is 13.6. The van der Waals surface area contributed by atoms with E-state index in [1.165, 1.54) is 101 Å². The van der Waals surface area contributed by atoms with E-state index in [1.54, 1.807) is 0 Å². The lowest BCUT2D eigenvalue weighted by Crippen LogP contribution is -2.18. The molecule has 49 heavy (non-hydrogen) atoms. The van der Waals surface area contributed by atoms with Crippen LogP contribution in [0.3, 0.4) is 0 Å². The molecule has 0 atom stereocenters. The molecule has 0 radical (unpaired) electrons. The van der Waals surface area contributed by atoms with Crippen LogP contribution >= 0.6 is 0 Å². The fourth-order valence-electron chi connectivity index (χ4n) is 6.90. The molecule has 0 bridgehead atoms. The zero-order valence-electron chi connectivity index (χ0n) is 34.3. The van der Waals surface area contributed by atoms with Crippen LogP contribution in [0.4, 0.5) is 0 Å². The normalized spacial score (nSPS) is 13.0. The van der Waals surface area contributed by atoms with Crippen molar-refractivity contribution >= 4 is 0 Å². The van der Waals surface area contributed by atoms with Crippen LogP contribution in [0.15, 0.2) is 24.3 Å². The van der Waals surface area contributed by atoms with E-state index in [9.17, 15) is 10.2 Å². The molecule has 0 fully saturated rings. The predicted molar refractivity (Wildman–Crippen MR) is 214 cm³/mol. The van der Waals surface area contributed by atoms with Gasteiger partial charge in [-0.1, -0.05) is 172 Å². The first-order valence-electron chi connectivity index (χ1n) is 20.0. The van der Waals surface area contributed by atoms with Gasteiger partial charge in [-0.3, -0.25) is 0 Å². The fraction of sp³-hybridized carbons (Fsp3) is 0.739. The Bertz CT molecular complexity index is 1080. The number of unbranched alkanes of at least 4 members (excludes halogenated alkanes) is 12. The first-order valence-corrected chi connectivity index (χ1v) is 20.0. The molecular formula is C46H78O3. The maximum Gasteiger partial charge on any atom is 0.123 e. The number of rotatable bonds is 20. The van der Waals surface area contributed by atoms with E-state index in [-0.39, 0.29) is 21.7 Å². The second-order valence-corrected chi connectivity index (χ2v) is 19.1. The van der Waals surface area contributed by atoms with Crippen molar-refractivity contribution in [2.75, 3.05) is 13.2 Å². The van der Waals surface area contributed by atoms with Crippen molar-refractivity contribution in [3.05, 3.63) is 57.6 Å². The first kappa shape index (κ1) is 43.2. The molecule has 0 saturated heterocycles. The van der Waals surface area contributed by atoms with E-state index < -0.39 is 0 Å². The largest absolute Gasteiger partial charge is 0.507 e. The van der Waals surface area contributed by atoms with Crippen LogP contribution in [0.25, 0.3) is 0 Å². The molecule has 0 aliphatic heterocycles. The number of benzene rings is 2. The smallest absolute Gasteiger partial charge is 0.123 e. The standard InChI is InChI=1S/C46H78O3/c1-43(2,3)37-31-35(32-38(41(37)47)44(4,5)6)27-23-19-15-13-17-21-25-29-49-30-26-22-18-14-16-20-24-28-36-33-39(45(7,8)9)42(48)40(34-36)46(10,11)12/h31-34,47-48H,13-30H2,1-12H3. The van der Waals surface area contributed by atoms with Crippen LogP contribution in [0.2, 0.25) is 0 Å². The molecule has 0 heterocycles. The van der Waals surface area contributed by atoms with Crippen molar-refractivity contribution in [2.24, 2.45) is 0 Å². The van der Waals surface area contributed by atoms with Gasteiger partial charge < -0.3 is 14.9 Å². The van der Waals surface area contributed by atoms with E-state index in [0.717, 1.165) is 48.3 Å². The molecule has 2 aromatic carbocycles. The van der Waals surface area contributed by atoms with Crippen LogP contribution in [-0.2, 0) is 39.2 Å². The highest BCUT2D eigenvalue weighted by molar-refractivity contribution is 5.51. The molecule has 0 amide bonds. The number of aromatic hydroxyl groups is 2. The van der Waals surface area contributed by atoms with Crippen molar-refractivity contribution in [3.8, 4) is 11.5 Å². The molecule has 0 saturated carbocycles. The third kappa shape index (κ3) is 15.4. The molecule has 2 rings (SSSR count). The summed E-state index contributed by atoms with van der Waals surface area (Å²) in [5, 5.41) is 21.9. The van der Waals surface area contributed by atoms with Gasteiger partial charge in [-0.05, 0) is 93.6 Å². The third-order valence-electron chi connectivity index (χ3n) is 10.1. The zero-order valence-corrected chi connectivity index (χ0v) is 34.3. The average molecular weight is 679 g/mol. The highest BCUT2D eigenvalue weighted by Crippen LogP contribution is 2.41. The lowest BCUT2D eigenvalue weighted by atomic mass is 9.78. The summed E-state index contributed by atoms with van der Waals surface area (Å²) < 4.78 is 5.94. The second kappa shape index (κ2) is 19.6. The summed E-state index contributed by atoms with van der Waals surface area (Å²) in [6, 6.07) is 8.99. The van der Waals surface area contributed by atoms with Gasteiger partial charge in [-0.25, -0.2) is 0 Å². The number of ether oxygens (including phenoxy) is 1. The molecule has 0 aliphatic rings. The minimum Gasteiger partial charge on any atom is -0.507 e. The van der Waals surface area contributed by atoms with Crippen LogP contribution < -0.4 is 0 Å². The minimum atomic E-state index is -0.0594. The van der Waals surface area contributed by atoms with Crippen LogP contribution in [0.1, 0.15) is 206 Å². The van der Waals surface area contributed by atoms with Gasteiger partial charge in [-0.2, -0.15) is 0 Å². The van der Waals surface area contributed by atoms with Crippen LogP contribution in [-0.4, -0.2) is 23.4 Å². The van der Waals surface area contributed by atoms with Gasteiger partial charge >= 0.3 is 0 Å². The monoisotopic (exact) mass is 679 g/mol. The maximum atomic E-state index is 11.0. The molecule has 0 aromatic heterocycles. The van der Waals surface area contributed by atoms with Crippen LogP contribution in [0.5, 0.6) is 11.5 Å². The van der Waals surface area contributed by atoms with E-state index >= 15 is 0 Å². The Morgan fingerprint density at radius 3 is 0.837 bits per heavy atom. The summed E-state index contributed by atoms with van der Waals surface area (Å²) in [6.45, 7) is 28.1. The van der Waals surface area contributed by atoms with Crippen molar-refractivity contribution < 1.29 is 14.9 Å². The van der Waals surface area contributed by atoms with Gasteiger partial charge in [0.2, 0.25) is 0 Å². The highest BCUT2D eigenvalue weighted by atomic mass is 16.5. The Morgan fingerprint density at radius 2 is 0.592 bits per heavy atom. The Morgan fingerprint density at radius 1 is 0.367 bits per heavy atom. The zero-order chi connectivity index (χ0) is 36.9. The molecule has 0 spiro atoms. The molecule has 280 valence electrons. The summed E-state index contributed by atoms with van der Waals surface area (Å²) in [7, 11) is 0. The second-order valence-electron chi connectivity index (χ2n) is 19.1. The maximum absolute atomic E-state index is 11.0. The van der Waals surface area contributed by atoms with Gasteiger partial charge in [-0.15, -0.1) is 0 Å². The van der Waals surface area contributed by atoms with E-state index in [4.69, 9.17) is 4.74 Å². The summed E-state index contributed by atoms with van der Waals surface area (Å²) in [4.78, 5) is 0. The van der Waals surface area contributed by atoms with Gasteiger partial charge in [0.05, 0.1) is 0 Å². The molecule has 3 nitrogen and oxygen atoms in total. The topological polar surface area (TPSA) is 49.7 Å². The number of hydrogen-bond acceptors (Lipinski definition) is 3. The first-order chi connectivity index (χ1) is 22.7. The molecular weight excluding hydrogens is 601 g/mol. The van der Waals surface area contributed by atoms with Gasteiger partial charge in [0.15, 0.2) is 0 Å². The minimum absolute atomic E-state index is 0.0594. The summed E-state index contributed by atoms with van der Waals surface area (Å²) in [5.41, 5.74) is 6.82. The third-order valence-corrected chi connectivity index (χ3v) is 10.1. The molecule has 2 aromatic rings. The number of phenols is 2. The lowest BCUT2D eigenvalue weighted by Gasteiger charge is -2.28. The number of aryl methyl sites for hydroxylation is 2. The Balaban J connectivity index is 1.49. The molecule has 2 N–H and O–H groups in total. The van der Waals surface area contributed by atoms with E-state index in [0.29, 0.717) is 11.5 Å². The summed E-state index contributed by atoms with van der Waals surface area (Å²) in [6.07, 6.45) is 20.0. The number of phenolic OH excluding ortho intramolecular Hbond substituents is 2. The highest BCUT2D eigenvalue weighted by Gasteiger charge is 2.27. The Kier molecular flexibility index (Phi) is 17.2.